The molecule has 2 saturated heterocycles. The lowest BCUT2D eigenvalue weighted by Gasteiger charge is -2.43. The normalized spacial score (nSPS) is 21.8. The second-order valence-electron chi connectivity index (χ2n) is 7.96. The third-order valence-electron chi connectivity index (χ3n) is 6.33. The standard InChI is InChI=1S/C23H23N3O3/c27-20(25-13-5-6-15-11-12-24-23(29)21(15)25)14-26-18-9-3-1-7-16(18)22(28)17-8-2-4-10-19(17)26/h1-4,7-10,15,21H,5-6,11-14H2,(H,24,29). The molecule has 2 aliphatic rings. The highest BCUT2D eigenvalue weighted by Gasteiger charge is 2.41. The van der Waals surface area contributed by atoms with E-state index in [4.69, 9.17) is 0 Å². The molecule has 3 heterocycles. The van der Waals surface area contributed by atoms with Crippen LogP contribution in [0.25, 0.3) is 21.8 Å². The minimum atomic E-state index is -0.373. The van der Waals surface area contributed by atoms with E-state index in [1.807, 2.05) is 41.0 Å². The van der Waals surface area contributed by atoms with Gasteiger partial charge < -0.3 is 14.8 Å². The molecular weight excluding hydrogens is 366 g/mol. The number of benzene rings is 2. The number of hydrogen-bond acceptors (Lipinski definition) is 3. The number of pyridine rings is 1. The van der Waals surface area contributed by atoms with Gasteiger partial charge in [0.2, 0.25) is 11.8 Å². The predicted octanol–water partition coefficient (Wildman–Crippen LogP) is 2.28. The van der Waals surface area contributed by atoms with E-state index in [1.54, 1.807) is 17.0 Å². The van der Waals surface area contributed by atoms with E-state index in [0.717, 1.165) is 30.3 Å². The van der Waals surface area contributed by atoms with Crippen molar-refractivity contribution in [3.63, 3.8) is 0 Å². The second kappa shape index (κ2) is 7.03. The molecule has 2 aliphatic heterocycles. The smallest absolute Gasteiger partial charge is 0.243 e. The number of fused-ring (bicyclic) bond motifs is 3. The maximum absolute atomic E-state index is 13.4. The summed E-state index contributed by atoms with van der Waals surface area (Å²) >= 11 is 0. The molecule has 2 atom stereocenters. The van der Waals surface area contributed by atoms with Gasteiger partial charge in [-0.2, -0.15) is 0 Å². The highest BCUT2D eigenvalue weighted by Crippen LogP contribution is 2.29. The molecule has 29 heavy (non-hydrogen) atoms. The fraction of sp³-hybridized carbons (Fsp3) is 0.348. The Morgan fingerprint density at radius 2 is 1.62 bits per heavy atom. The molecule has 2 aromatic carbocycles. The Kier molecular flexibility index (Phi) is 4.34. The molecule has 0 saturated carbocycles. The van der Waals surface area contributed by atoms with Gasteiger partial charge in [0.1, 0.15) is 12.6 Å². The molecule has 148 valence electrons. The van der Waals surface area contributed by atoms with Crippen LogP contribution in [0.1, 0.15) is 19.3 Å². The van der Waals surface area contributed by atoms with E-state index < -0.39 is 0 Å². The molecule has 6 heteroatoms. The summed E-state index contributed by atoms with van der Waals surface area (Å²) in [5, 5.41) is 4.12. The van der Waals surface area contributed by atoms with E-state index in [1.165, 1.54) is 0 Å². The number of amides is 2. The summed E-state index contributed by atoms with van der Waals surface area (Å²) in [4.78, 5) is 40.6. The van der Waals surface area contributed by atoms with Crippen molar-refractivity contribution in [3.8, 4) is 0 Å². The van der Waals surface area contributed by atoms with Crippen LogP contribution in [0.4, 0.5) is 0 Å². The van der Waals surface area contributed by atoms with Gasteiger partial charge in [-0.15, -0.1) is 0 Å². The molecule has 1 N–H and O–H groups in total. The van der Waals surface area contributed by atoms with Crippen molar-refractivity contribution in [1.29, 1.82) is 0 Å². The topological polar surface area (TPSA) is 71.4 Å². The lowest BCUT2D eigenvalue weighted by Crippen LogP contribution is -2.59. The summed E-state index contributed by atoms with van der Waals surface area (Å²) in [5.74, 6) is 0.128. The summed E-state index contributed by atoms with van der Waals surface area (Å²) in [6, 6.07) is 14.4. The number of carbonyl (C=O) groups is 2. The van der Waals surface area contributed by atoms with Crippen LogP contribution >= 0.6 is 0 Å². The maximum atomic E-state index is 13.4. The quantitative estimate of drug-likeness (QED) is 0.684. The predicted molar refractivity (Wildman–Crippen MR) is 112 cm³/mol. The molecule has 2 fully saturated rings. The van der Waals surface area contributed by atoms with Crippen LogP contribution in [-0.2, 0) is 16.1 Å². The summed E-state index contributed by atoms with van der Waals surface area (Å²) in [7, 11) is 0. The van der Waals surface area contributed by atoms with E-state index in [9.17, 15) is 14.4 Å². The molecule has 1 aromatic heterocycles. The molecule has 0 bridgehead atoms. The van der Waals surface area contributed by atoms with Crippen molar-refractivity contribution in [2.24, 2.45) is 5.92 Å². The Balaban J connectivity index is 1.59. The van der Waals surface area contributed by atoms with E-state index in [0.29, 0.717) is 23.9 Å². The van der Waals surface area contributed by atoms with Gasteiger partial charge in [0.25, 0.3) is 0 Å². The van der Waals surface area contributed by atoms with E-state index >= 15 is 0 Å². The Morgan fingerprint density at radius 1 is 0.966 bits per heavy atom. The number of nitrogens with zero attached hydrogens (tertiary/aromatic N) is 2. The number of hydrogen-bond donors (Lipinski definition) is 1. The fourth-order valence-electron chi connectivity index (χ4n) is 4.97. The highest BCUT2D eigenvalue weighted by molar-refractivity contribution is 5.95. The lowest BCUT2D eigenvalue weighted by molar-refractivity contribution is -0.147. The highest BCUT2D eigenvalue weighted by atomic mass is 16.2. The number of para-hydroxylation sites is 2. The first-order valence-electron chi connectivity index (χ1n) is 10.2. The molecule has 3 aromatic rings. The molecule has 0 radical (unpaired) electrons. The number of piperidine rings is 2. The number of aromatic nitrogens is 1. The fourth-order valence-corrected chi connectivity index (χ4v) is 4.97. The van der Waals surface area contributed by atoms with Gasteiger partial charge in [0, 0.05) is 23.9 Å². The lowest BCUT2D eigenvalue weighted by atomic mass is 9.83. The number of rotatable bonds is 2. The van der Waals surface area contributed by atoms with Gasteiger partial charge in [-0.3, -0.25) is 14.4 Å². The van der Waals surface area contributed by atoms with Gasteiger partial charge in [0.15, 0.2) is 5.43 Å². The zero-order valence-electron chi connectivity index (χ0n) is 16.1. The summed E-state index contributed by atoms with van der Waals surface area (Å²) < 4.78 is 1.92. The van der Waals surface area contributed by atoms with Crippen molar-refractivity contribution in [2.75, 3.05) is 13.1 Å². The third kappa shape index (κ3) is 2.90. The average Bonchev–Trinajstić information content (AvgIpc) is 2.76. The minimum absolute atomic E-state index is 0.0235. The van der Waals surface area contributed by atoms with Crippen LogP contribution in [-0.4, -0.2) is 40.4 Å². The summed E-state index contributed by atoms with van der Waals surface area (Å²) in [6.07, 6.45) is 2.83. The van der Waals surface area contributed by atoms with E-state index in [2.05, 4.69) is 5.32 Å². The largest absolute Gasteiger partial charge is 0.354 e. The Hall–Kier alpha value is -3.15. The first kappa shape index (κ1) is 17.9. The molecule has 2 amide bonds. The maximum Gasteiger partial charge on any atom is 0.243 e. The van der Waals surface area contributed by atoms with Crippen LogP contribution < -0.4 is 10.7 Å². The monoisotopic (exact) mass is 389 g/mol. The average molecular weight is 389 g/mol. The molecule has 0 spiro atoms. The first-order chi connectivity index (χ1) is 14.1. The van der Waals surface area contributed by atoms with Gasteiger partial charge in [-0.05, 0) is 49.4 Å². The summed E-state index contributed by atoms with van der Waals surface area (Å²) in [5.41, 5.74) is 1.46. The van der Waals surface area contributed by atoms with Crippen LogP contribution in [0.15, 0.2) is 53.3 Å². The van der Waals surface area contributed by atoms with Crippen LogP contribution in [0.2, 0.25) is 0 Å². The van der Waals surface area contributed by atoms with Crippen LogP contribution in [0, 0.1) is 5.92 Å². The van der Waals surface area contributed by atoms with Crippen molar-refractivity contribution < 1.29 is 9.59 Å². The van der Waals surface area contributed by atoms with Crippen molar-refractivity contribution in [3.05, 3.63) is 58.8 Å². The van der Waals surface area contributed by atoms with E-state index in [-0.39, 0.29) is 35.7 Å². The van der Waals surface area contributed by atoms with Gasteiger partial charge in [0.05, 0.1) is 11.0 Å². The number of nitrogens with one attached hydrogen (secondary N) is 1. The first-order valence-corrected chi connectivity index (χ1v) is 10.2. The van der Waals surface area contributed by atoms with Gasteiger partial charge in [-0.25, -0.2) is 0 Å². The Labute approximate surface area is 168 Å². The number of likely N-dealkylation sites (tertiary alicyclic amines) is 1. The Morgan fingerprint density at radius 3 is 2.31 bits per heavy atom. The second-order valence-corrected chi connectivity index (χ2v) is 7.96. The molecule has 5 rings (SSSR count). The van der Waals surface area contributed by atoms with Crippen molar-refractivity contribution in [1.82, 2.24) is 14.8 Å². The van der Waals surface area contributed by atoms with Crippen LogP contribution in [0.3, 0.4) is 0 Å². The van der Waals surface area contributed by atoms with Gasteiger partial charge in [-0.1, -0.05) is 24.3 Å². The van der Waals surface area contributed by atoms with Crippen LogP contribution in [0.5, 0.6) is 0 Å². The molecule has 6 nitrogen and oxygen atoms in total. The SMILES string of the molecule is O=C1NCCC2CCCN(C(=O)Cn3c4ccccc4c(=O)c4ccccc43)C12. The minimum Gasteiger partial charge on any atom is -0.354 e. The molecule has 0 aliphatic carbocycles. The molecule has 2 unspecified atom stereocenters. The van der Waals surface area contributed by atoms with Crippen molar-refractivity contribution in [2.45, 2.75) is 31.8 Å². The zero-order chi connectivity index (χ0) is 20.0. The zero-order valence-corrected chi connectivity index (χ0v) is 16.1. The summed E-state index contributed by atoms with van der Waals surface area (Å²) in [6.45, 7) is 1.40. The third-order valence-corrected chi connectivity index (χ3v) is 6.33. The number of carbonyl (C=O) groups excluding carboxylic acids is 2. The Bertz CT molecular complexity index is 1120. The molecular formula is C23H23N3O3. The van der Waals surface area contributed by atoms with Gasteiger partial charge >= 0.3 is 0 Å². The van der Waals surface area contributed by atoms with Crippen molar-refractivity contribution >= 4 is 33.6 Å².